The molecule has 116 valence electrons. The van der Waals surface area contributed by atoms with Gasteiger partial charge in [-0.3, -0.25) is 9.59 Å². The Balaban J connectivity index is 1.84. The van der Waals surface area contributed by atoms with Crippen molar-refractivity contribution in [1.29, 1.82) is 0 Å². The SMILES string of the molecule is Cc1cc(C)cc(NC(=O)C2C=Nc3nc(C)ccc3C2=O)c1. The van der Waals surface area contributed by atoms with Gasteiger partial charge in [-0.25, -0.2) is 9.98 Å². The number of anilines is 1. The van der Waals surface area contributed by atoms with Crippen LogP contribution < -0.4 is 5.32 Å². The fourth-order valence-electron chi connectivity index (χ4n) is 2.67. The Hall–Kier alpha value is -2.82. The molecule has 1 aromatic carbocycles. The first-order valence-corrected chi connectivity index (χ1v) is 7.39. The molecule has 0 saturated carbocycles. The van der Waals surface area contributed by atoms with Gasteiger partial charge in [0.25, 0.3) is 0 Å². The Kier molecular flexibility index (Phi) is 3.78. The summed E-state index contributed by atoms with van der Waals surface area (Å²) in [5.74, 6) is -1.20. The van der Waals surface area contributed by atoms with Crippen LogP contribution in [0.2, 0.25) is 0 Å². The molecule has 0 bridgehead atoms. The van der Waals surface area contributed by atoms with Crippen molar-refractivity contribution in [2.45, 2.75) is 20.8 Å². The molecular weight excluding hydrogens is 290 g/mol. The second kappa shape index (κ2) is 5.76. The first-order chi connectivity index (χ1) is 10.9. The summed E-state index contributed by atoms with van der Waals surface area (Å²) in [6.45, 7) is 5.75. The second-order valence-electron chi connectivity index (χ2n) is 5.81. The molecule has 2 heterocycles. The number of aryl methyl sites for hydroxylation is 3. The normalized spacial score (nSPS) is 16.1. The lowest BCUT2D eigenvalue weighted by Crippen LogP contribution is -2.32. The molecule has 1 amide bonds. The molecule has 5 heteroatoms. The van der Waals surface area contributed by atoms with E-state index in [2.05, 4.69) is 15.3 Å². The number of nitrogens with zero attached hydrogens (tertiary/aromatic N) is 2. The maximum Gasteiger partial charge on any atom is 0.240 e. The molecule has 0 spiro atoms. The first kappa shape index (κ1) is 15.1. The zero-order chi connectivity index (χ0) is 16.6. The minimum absolute atomic E-state index is 0.274. The molecular formula is C18H17N3O2. The largest absolute Gasteiger partial charge is 0.325 e. The lowest BCUT2D eigenvalue weighted by atomic mass is 9.95. The average molecular weight is 307 g/mol. The van der Waals surface area contributed by atoms with Crippen LogP contribution in [0.3, 0.4) is 0 Å². The summed E-state index contributed by atoms with van der Waals surface area (Å²) in [4.78, 5) is 33.3. The highest BCUT2D eigenvalue weighted by molar-refractivity contribution is 6.25. The third kappa shape index (κ3) is 3.04. The molecule has 3 rings (SSSR count). The van der Waals surface area contributed by atoms with Gasteiger partial charge < -0.3 is 5.32 Å². The monoisotopic (exact) mass is 307 g/mol. The Morgan fingerprint density at radius 2 is 1.78 bits per heavy atom. The van der Waals surface area contributed by atoms with Crippen LogP contribution in [0.15, 0.2) is 35.3 Å². The topological polar surface area (TPSA) is 71.4 Å². The number of ketones is 1. The Labute approximate surface area is 134 Å². The van der Waals surface area contributed by atoms with Crippen LogP contribution in [0.4, 0.5) is 11.5 Å². The molecule has 1 unspecified atom stereocenters. The number of benzene rings is 1. The van der Waals surface area contributed by atoms with Gasteiger partial charge in [-0.15, -0.1) is 0 Å². The number of hydrogen-bond donors (Lipinski definition) is 1. The molecule has 23 heavy (non-hydrogen) atoms. The van der Waals surface area contributed by atoms with Gasteiger partial charge in [-0.1, -0.05) is 6.07 Å². The molecule has 0 aliphatic carbocycles. The predicted molar refractivity (Wildman–Crippen MR) is 89.5 cm³/mol. The van der Waals surface area contributed by atoms with E-state index in [1.807, 2.05) is 39.0 Å². The fourth-order valence-corrected chi connectivity index (χ4v) is 2.67. The van der Waals surface area contributed by atoms with E-state index in [1.54, 1.807) is 12.1 Å². The third-order valence-corrected chi connectivity index (χ3v) is 3.68. The van der Waals surface area contributed by atoms with E-state index in [-0.39, 0.29) is 11.7 Å². The van der Waals surface area contributed by atoms with Crippen molar-refractivity contribution in [3.05, 3.63) is 52.7 Å². The standard InChI is InChI=1S/C18H17N3O2/c1-10-6-11(2)8-13(7-10)21-18(23)15-9-19-17-14(16(15)22)5-4-12(3)20-17/h4-9,15H,1-3H3,(H,21,23). The molecule has 1 atom stereocenters. The van der Waals surface area contributed by atoms with Crippen molar-refractivity contribution < 1.29 is 9.59 Å². The number of hydrogen-bond acceptors (Lipinski definition) is 4. The highest BCUT2D eigenvalue weighted by atomic mass is 16.2. The number of aliphatic imine (C=N–C) groups is 1. The third-order valence-electron chi connectivity index (χ3n) is 3.68. The van der Waals surface area contributed by atoms with Gasteiger partial charge in [-0.05, 0) is 56.2 Å². The summed E-state index contributed by atoms with van der Waals surface area (Å²) in [5, 5.41) is 2.79. The summed E-state index contributed by atoms with van der Waals surface area (Å²) in [5.41, 5.74) is 3.95. The molecule has 1 aliphatic heterocycles. The number of carbonyl (C=O) groups excluding carboxylic acids is 2. The van der Waals surface area contributed by atoms with Gasteiger partial charge in [0.2, 0.25) is 5.91 Å². The van der Waals surface area contributed by atoms with Crippen molar-refractivity contribution >= 4 is 29.4 Å². The maximum absolute atomic E-state index is 12.5. The summed E-state index contributed by atoms with van der Waals surface area (Å²) in [7, 11) is 0. The summed E-state index contributed by atoms with van der Waals surface area (Å²) < 4.78 is 0. The molecule has 1 aliphatic rings. The van der Waals surface area contributed by atoms with Crippen LogP contribution in [0.25, 0.3) is 0 Å². The summed E-state index contributed by atoms with van der Waals surface area (Å²) in [6, 6.07) is 9.18. The van der Waals surface area contributed by atoms with E-state index in [0.717, 1.165) is 16.8 Å². The highest BCUT2D eigenvalue weighted by Gasteiger charge is 2.31. The van der Waals surface area contributed by atoms with Crippen molar-refractivity contribution in [1.82, 2.24) is 4.98 Å². The quantitative estimate of drug-likeness (QED) is 0.866. The van der Waals surface area contributed by atoms with Crippen LogP contribution in [-0.4, -0.2) is 22.9 Å². The number of pyridine rings is 1. The van der Waals surface area contributed by atoms with Gasteiger partial charge in [0, 0.05) is 17.6 Å². The van der Waals surface area contributed by atoms with Crippen molar-refractivity contribution in [3.63, 3.8) is 0 Å². The van der Waals surface area contributed by atoms with Gasteiger partial charge in [0.15, 0.2) is 11.6 Å². The first-order valence-electron chi connectivity index (χ1n) is 7.39. The molecule has 0 radical (unpaired) electrons. The number of amides is 1. The number of rotatable bonds is 2. The molecule has 1 aromatic heterocycles. The highest BCUT2D eigenvalue weighted by Crippen LogP contribution is 2.25. The number of Topliss-reactive ketones (excluding diaryl/α,β-unsaturated/α-hetero) is 1. The van der Waals surface area contributed by atoms with E-state index in [0.29, 0.717) is 17.1 Å². The number of fused-ring (bicyclic) bond motifs is 1. The van der Waals surface area contributed by atoms with Crippen molar-refractivity contribution in [2.24, 2.45) is 10.9 Å². The van der Waals surface area contributed by atoms with Gasteiger partial charge >= 0.3 is 0 Å². The second-order valence-corrected chi connectivity index (χ2v) is 5.81. The Morgan fingerprint density at radius 1 is 1.09 bits per heavy atom. The van der Waals surface area contributed by atoms with E-state index in [4.69, 9.17) is 0 Å². The minimum atomic E-state index is -0.923. The molecule has 0 saturated heterocycles. The Morgan fingerprint density at radius 3 is 2.48 bits per heavy atom. The zero-order valence-electron chi connectivity index (χ0n) is 13.3. The van der Waals surface area contributed by atoms with Crippen molar-refractivity contribution in [3.8, 4) is 0 Å². The molecule has 1 N–H and O–H groups in total. The number of nitrogens with one attached hydrogen (secondary N) is 1. The minimum Gasteiger partial charge on any atom is -0.325 e. The van der Waals surface area contributed by atoms with Gasteiger partial charge in [0.05, 0.1) is 5.56 Å². The van der Waals surface area contributed by atoms with E-state index in [9.17, 15) is 9.59 Å². The lowest BCUT2D eigenvalue weighted by Gasteiger charge is -2.17. The maximum atomic E-state index is 12.5. The number of aromatic nitrogens is 1. The van der Waals surface area contributed by atoms with E-state index < -0.39 is 5.92 Å². The van der Waals surface area contributed by atoms with Crippen LogP contribution >= 0.6 is 0 Å². The Bertz CT molecular complexity index is 820. The number of carbonyl (C=O) groups is 2. The van der Waals surface area contributed by atoms with Gasteiger partial charge in [-0.2, -0.15) is 0 Å². The fraction of sp³-hybridized carbons (Fsp3) is 0.222. The van der Waals surface area contributed by atoms with Crippen LogP contribution in [0, 0.1) is 26.7 Å². The summed E-state index contributed by atoms with van der Waals surface area (Å²) in [6.07, 6.45) is 1.37. The van der Waals surface area contributed by atoms with Crippen LogP contribution in [0.1, 0.15) is 27.2 Å². The van der Waals surface area contributed by atoms with E-state index >= 15 is 0 Å². The lowest BCUT2D eigenvalue weighted by molar-refractivity contribution is -0.116. The molecule has 0 fully saturated rings. The smallest absolute Gasteiger partial charge is 0.240 e. The average Bonchev–Trinajstić information content (AvgIpc) is 2.46. The van der Waals surface area contributed by atoms with Crippen LogP contribution in [0.5, 0.6) is 0 Å². The van der Waals surface area contributed by atoms with E-state index in [1.165, 1.54) is 6.21 Å². The summed E-state index contributed by atoms with van der Waals surface area (Å²) >= 11 is 0. The predicted octanol–water partition coefficient (Wildman–Crippen LogP) is 3.16. The van der Waals surface area contributed by atoms with Crippen molar-refractivity contribution in [2.75, 3.05) is 5.32 Å². The molecule has 2 aromatic rings. The van der Waals surface area contributed by atoms with Gasteiger partial charge in [0.1, 0.15) is 5.92 Å². The molecule has 5 nitrogen and oxygen atoms in total. The van der Waals surface area contributed by atoms with Crippen LogP contribution in [-0.2, 0) is 4.79 Å². The zero-order valence-corrected chi connectivity index (χ0v) is 13.3.